The monoisotopic (exact) mass is 578 g/mol. The lowest BCUT2D eigenvalue weighted by atomic mass is 9.96. The number of carboxylic acid groups (broad SMARTS) is 1. The molecular formula is C30H38N6O6. The molecule has 12 nitrogen and oxygen atoms in total. The van der Waals surface area contributed by atoms with Crippen molar-refractivity contribution < 1.29 is 29.1 Å². The summed E-state index contributed by atoms with van der Waals surface area (Å²) in [5.41, 5.74) is 13.2. The van der Waals surface area contributed by atoms with Crippen molar-refractivity contribution in [3.8, 4) is 0 Å². The third-order valence-electron chi connectivity index (χ3n) is 7.18. The fourth-order valence-electron chi connectivity index (χ4n) is 4.59. The number of aromatic amines is 1. The van der Waals surface area contributed by atoms with Crippen LogP contribution in [0.2, 0.25) is 0 Å². The highest BCUT2D eigenvalue weighted by Gasteiger charge is 2.33. The van der Waals surface area contributed by atoms with Crippen LogP contribution in [0.15, 0.2) is 60.8 Å². The van der Waals surface area contributed by atoms with Crippen molar-refractivity contribution in [1.29, 1.82) is 0 Å². The molecule has 0 spiro atoms. The molecule has 0 aliphatic rings. The average Bonchev–Trinajstić information content (AvgIpc) is 3.37. The van der Waals surface area contributed by atoms with Crippen molar-refractivity contribution in [3.05, 3.63) is 71.9 Å². The molecule has 1 heterocycles. The zero-order valence-corrected chi connectivity index (χ0v) is 23.6. The third kappa shape index (κ3) is 8.64. The zero-order valence-electron chi connectivity index (χ0n) is 23.6. The van der Waals surface area contributed by atoms with E-state index in [0.717, 1.165) is 16.5 Å². The largest absolute Gasteiger partial charge is 0.480 e. The van der Waals surface area contributed by atoms with Gasteiger partial charge in [0.25, 0.3) is 0 Å². The number of nitrogens with two attached hydrogens (primary N) is 2. The first-order valence-corrected chi connectivity index (χ1v) is 13.8. The lowest BCUT2D eigenvalue weighted by Gasteiger charge is -2.28. The first kappa shape index (κ1) is 31.8. The number of aromatic nitrogens is 1. The number of rotatable bonds is 15. The Labute approximate surface area is 243 Å². The van der Waals surface area contributed by atoms with E-state index in [1.165, 1.54) is 0 Å². The van der Waals surface area contributed by atoms with Crippen LogP contribution >= 0.6 is 0 Å². The first-order valence-electron chi connectivity index (χ1n) is 13.8. The van der Waals surface area contributed by atoms with Crippen molar-refractivity contribution >= 4 is 40.5 Å². The summed E-state index contributed by atoms with van der Waals surface area (Å²) in [4.78, 5) is 66.2. The molecule has 5 unspecified atom stereocenters. The van der Waals surface area contributed by atoms with E-state index in [2.05, 4.69) is 20.9 Å². The van der Waals surface area contributed by atoms with Gasteiger partial charge in [-0.05, 0) is 23.1 Å². The highest BCUT2D eigenvalue weighted by Crippen LogP contribution is 2.19. The van der Waals surface area contributed by atoms with Gasteiger partial charge in [-0.1, -0.05) is 68.8 Å². The molecule has 1 aromatic heterocycles. The number of nitrogens with one attached hydrogen (secondary N) is 4. The molecule has 2 aromatic carbocycles. The van der Waals surface area contributed by atoms with Crippen molar-refractivity contribution in [2.75, 3.05) is 0 Å². The van der Waals surface area contributed by atoms with Crippen molar-refractivity contribution in [2.45, 2.75) is 63.7 Å². The second-order valence-electron chi connectivity index (χ2n) is 10.4. The number of hydrogen-bond donors (Lipinski definition) is 7. The predicted octanol–water partition coefficient (Wildman–Crippen LogP) is 0.741. The molecule has 0 saturated carbocycles. The second kappa shape index (κ2) is 14.8. The van der Waals surface area contributed by atoms with Crippen LogP contribution in [0.5, 0.6) is 0 Å². The lowest BCUT2D eigenvalue weighted by molar-refractivity contribution is -0.142. The number of H-pyrrole nitrogens is 1. The number of primary amides is 1. The van der Waals surface area contributed by atoms with E-state index in [0.29, 0.717) is 12.0 Å². The van der Waals surface area contributed by atoms with Crippen LogP contribution in [0.3, 0.4) is 0 Å². The number of hydrogen-bond acceptors (Lipinski definition) is 6. The smallest absolute Gasteiger partial charge is 0.326 e. The number of carboxylic acids is 1. The van der Waals surface area contributed by atoms with E-state index in [1.54, 1.807) is 37.4 Å². The van der Waals surface area contributed by atoms with Crippen molar-refractivity contribution in [3.63, 3.8) is 0 Å². The maximum atomic E-state index is 13.5. The van der Waals surface area contributed by atoms with Gasteiger partial charge < -0.3 is 37.5 Å². The van der Waals surface area contributed by atoms with Crippen LogP contribution in [0, 0.1) is 5.92 Å². The Morgan fingerprint density at radius 1 is 0.857 bits per heavy atom. The Balaban J connectivity index is 1.82. The van der Waals surface area contributed by atoms with Gasteiger partial charge in [0, 0.05) is 29.9 Å². The highest BCUT2D eigenvalue weighted by molar-refractivity contribution is 5.95. The molecular weight excluding hydrogens is 540 g/mol. The fourth-order valence-corrected chi connectivity index (χ4v) is 4.59. The minimum absolute atomic E-state index is 0.0143. The molecule has 3 aromatic rings. The minimum Gasteiger partial charge on any atom is -0.480 e. The molecule has 224 valence electrons. The molecule has 0 fully saturated rings. The average molecular weight is 579 g/mol. The summed E-state index contributed by atoms with van der Waals surface area (Å²) in [5.74, 6) is -4.43. The van der Waals surface area contributed by atoms with Crippen LogP contribution in [-0.2, 0) is 36.8 Å². The van der Waals surface area contributed by atoms with Crippen molar-refractivity contribution in [2.24, 2.45) is 17.4 Å². The number of aliphatic carboxylic acids is 1. The van der Waals surface area contributed by atoms with Gasteiger partial charge in [0.2, 0.25) is 23.6 Å². The van der Waals surface area contributed by atoms with E-state index in [1.807, 2.05) is 37.3 Å². The Kier molecular flexibility index (Phi) is 11.2. The molecule has 0 aliphatic heterocycles. The summed E-state index contributed by atoms with van der Waals surface area (Å²) >= 11 is 0. The fraction of sp³-hybridized carbons (Fsp3) is 0.367. The maximum absolute atomic E-state index is 13.5. The molecule has 5 atom stereocenters. The van der Waals surface area contributed by atoms with E-state index in [4.69, 9.17) is 11.5 Å². The van der Waals surface area contributed by atoms with Gasteiger partial charge in [-0.3, -0.25) is 19.2 Å². The SMILES string of the molecule is CCC(C)C(NC(=O)C(N)CC(N)=O)C(=O)NC(Cc1ccccc1)C(=O)NC(Cc1c[nH]c2ccccc12)C(=O)O. The van der Waals surface area contributed by atoms with Gasteiger partial charge in [-0.15, -0.1) is 0 Å². The molecule has 0 bridgehead atoms. The van der Waals surface area contributed by atoms with Gasteiger partial charge in [0.05, 0.1) is 12.5 Å². The summed E-state index contributed by atoms with van der Waals surface area (Å²) in [5, 5.41) is 18.6. The van der Waals surface area contributed by atoms with E-state index >= 15 is 0 Å². The molecule has 3 rings (SSSR count). The number of amides is 4. The normalized spacial score (nSPS) is 14.6. The first-order chi connectivity index (χ1) is 20.0. The summed E-state index contributed by atoms with van der Waals surface area (Å²) < 4.78 is 0. The molecule has 0 saturated heterocycles. The van der Waals surface area contributed by atoms with Gasteiger partial charge in [-0.2, -0.15) is 0 Å². The molecule has 12 heteroatoms. The van der Waals surface area contributed by atoms with Crippen LogP contribution in [0.25, 0.3) is 10.9 Å². The molecule has 9 N–H and O–H groups in total. The summed E-state index contributed by atoms with van der Waals surface area (Å²) in [7, 11) is 0. The molecule has 4 amide bonds. The second-order valence-corrected chi connectivity index (χ2v) is 10.4. The van der Waals surface area contributed by atoms with Crippen LogP contribution in [0.4, 0.5) is 0 Å². The van der Waals surface area contributed by atoms with Gasteiger partial charge in [0.1, 0.15) is 18.1 Å². The third-order valence-corrected chi connectivity index (χ3v) is 7.18. The molecule has 0 radical (unpaired) electrons. The van der Waals surface area contributed by atoms with E-state index in [9.17, 15) is 29.1 Å². The summed E-state index contributed by atoms with van der Waals surface area (Å²) in [6.45, 7) is 3.58. The Hall–Kier alpha value is -4.71. The zero-order chi connectivity index (χ0) is 30.8. The van der Waals surface area contributed by atoms with Gasteiger partial charge in [-0.25, -0.2) is 4.79 Å². The number of fused-ring (bicyclic) bond motifs is 1. The van der Waals surface area contributed by atoms with Crippen LogP contribution in [0.1, 0.15) is 37.8 Å². The lowest BCUT2D eigenvalue weighted by Crippen LogP contribution is -2.59. The quantitative estimate of drug-likeness (QED) is 0.137. The topological polar surface area (TPSA) is 209 Å². The minimum atomic E-state index is -1.27. The predicted molar refractivity (Wildman–Crippen MR) is 157 cm³/mol. The van der Waals surface area contributed by atoms with Gasteiger partial charge in [0.15, 0.2) is 0 Å². The Morgan fingerprint density at radius 2 is 1.50 bits per heavy atom. The van der Waals surface area contributed by atoms with Crippen molar-refractivity contribution in [1.82, 2.24) is 20.9 Å². The number of para-hydroxylation sites is 1. The Bertz CT molecular complexity index is 1410. The highest BCUT2D eigenvalue weighted by atomic mass is 16.4. The molecule has 42 heavy (non-hydrogen) atoms. The number of benzene rings is 2. The Morgan fingerprint density at radius 3 is 2.14 bits per heavy atom. The van der Waals surface area contributed by atoms with Crippen LogP contribution in [-0.4, -0.2) is 63.9 Å². The maximum Gasteiger partial charge on any atom is 0.326 e. The standard InChI is InChI=1S/C30H38N6O6/c1-3-17(2)26(36-27(38)21(31)15-25(32)37)29(40)34-23(13-18-9-5-4-6-10-18)28(39)35-24(30(41)42)14-19-16-33-22-12-8-7-11-20(19)22/h4-12,16-17,21,23-24,26,33H,3,13-15,31H2,1-2H3,(H2,32,37)(H,34,40)(H,35,39)(H,36,38)(H,41,42). The number of carbonyl (C=O) groups is 5. The van der Waals surface area contributed by atoms with Crippen LogP contribution < -0.4 is 27.4 Å². The number of carbonyl (C=O) groups excluding carboxylic acids is 4. The van der Waals surface area contributed by atoms with Gasteiger partial charge >= 0.3 is 5.97 Å². The van der Waals surface area contributed by atoms with E-state index < -0.39 is 60.2 Å². The summed E-state index contributed by atoms with van der Waals surface area (Å²) in [6, 6.07) is 11.6. The van der Waals surface area contributed by atoms with E-state index in [-0.39, 0.29) is 18.8 Å². The molecule has 0 aliphatic carbocycles. The summed E-state index contributed by atoms with van der Waals surface area (Å²) in [6.07, 6.45) is 1.90.